The molecule has 150 valence electrons. The van der Waals surface area contributed by atoms with E-state index in [1.807, 2.05) is 18.2 Å². The standard InChI is InChI=1S/C22H17N3O5/c1-25-20-17(21(28)24-22(25)29)15(10-7-8-13(26)14(9-10)30-2)16-18(23-20)11-5-3-4-6-12(11)19(16)27/h3-9,15,26-27H,1-2H3,(H,24,28,29)/p+1. The lowest BCUT2D eigenvalue weighted by atomic mass is 9.81. The van der Waals surface area contributed by atoms with Gasteiger partial charge in [-0.1, -0.05) is 24.3 Å². The predicted octanol–water partition coefficient (Wildman–Crippen LogP) is 0.417. The minimum Gasteiger partial charge on any atom is -0.507 e. The molecule has 3 aromatic rings. The quantitative estimate of drug-likeness (QED) is 0.494. The summed E-state index contributed by atoms with van der Waals surface area (Å²) in [6.45, 7) is 0. The van der Waals surface area contributed by atoms with Crippen molar-refractivity contribution in [2.75, 3.05) is 7.11 Å². The van der Waals surface area contributed by atoms with Gasteiger partial charge in [0, 0.05) is 11.1 Å². The molecule has 8 heteroatoms. The number of nitrogens with one attached hydrogen (secondary N) is 2. The second-order valence-electron chi connectivity index (χ2n) is 7.25. The number of allylic oxidation sites excluding steroid dienone is 1. The Labute approximate surface area is 170 Å². The maximum Gasteiger partial charge on any atom is 0.415 e. The van der Waals surface area contributed by atoms with Crippen LogP contribution in [0.25, 0.3) is 5.76 Å². The highest BCUT2D eigenvalue weighted by atomic mass is 16.5. The third-order valence-electron chi connectivity index (χ3n) is 5.69. The first-order valence-electron chi connectivity index (χ1n) is 9.29. The van der Waals surface area contributed by atoms with Gasteiger partial charge in [0.1, 0.15) is 17.0 Å². The molecule has 8 nitrogen and oxygen atoms in total. The Balaban J connectivity index is 1.91. The lowest BCUT2D eigenvalue weighted by Gasteiger charge is -2.23. The van der Waals surface area contributed by atoms with Crippen LogP contribution in [-0.4, -0.2) is 32.6 Å². The van der Waals surface area contributed by atoms with Gasteiger partial charge in [-0.2, -0.15) is 4.57 Å². The zero-order chi connectivity index (χ0) is 21.2. The summed E-state index contributed by atoms with van der Waals surface area (Å²) >= 11 is 0. The second-order valence-corrected chi connectivity index (χ2v) is 7.25. The third-order valence-corrected chi connectivity index (χ3v) is 5.69. The molecule has 2 aliphatic rings. The van der Waals surface area contributed by atoms with Gasteiger partial charge >= 0.3 is 5.69 Å². The van der Waals surface area contributed by atoms with Crippen molar-refractivity contribution < 1.29 is 19.9 Å². The summed E-state index contributed by atoms with van der Waals surface area (Å²) in [5, 5.41) is 21.1. The molecule has 0 bridgehead atoms. The van der Waals surface area contributed by atoms with E-state index < -0.39 is 17.2 Å². The molecule has 1 atom stereocenters. The summed E-state index contributed by atoms with van der Waals surface area (Å²) in [5.41, 5.74) is 2.41. The second kappa shape index (κ2) is 6.21. The number of aliphatic hydroxyl groups excluding tert-OH is 1. The maximum atomic E-state index is 12.9. The number of phenols is 1. The summed E-state index contributed by atoms with van der Waals surface area (Å²) in [4.78, 5) is 30.7. The molecular weight excluding hydrogens is 386 g/mol. The number of ether oxygens (including phenoxy) is 1. The summed E-state index contributed by atoms with van der Waals surface area (Å²) in [7, 11) is 3.00. The smallest absolute Gasteiger partial charge is 0.415 e. The van der Waals surface area contributed by atoms with Crippen molar-refractivity contribution in [3.05, 3.63) is 91.1 Å². The van der Waals surface area contributed by atoms with Crippen molar-refractivity contribution in [3.8, 4) is 11.5 Å². The highest BCUT2D eigenvalue weighted by Gasteiger charge is 2.44. The fourth-order valence-electron chi connectivity index (χ4n) is 4.26. The van der Waals surface area contributed by atoms with Gasteiger partial charge in [-0.25, -0.2) is 9.79 Å². The van der Waals surface area contributed by atoms with E-state index >= 15 is 0 Å². The molecule has 1 aliphatic carbocycles. The zero-order valence-electron chi connectivity index (χ0n) is 16.2. The van der Waals surface area contributed by atoms with Crippen LogP contribution in [0.5, 0.6) is 11.5 Å². The molecule has 2 heterocycles. The van der Waals surface area contributed by atoms with Crippen LogP contribution in [0, 0.1) is 0 Å². The summed E-state index contributed by atoms with van der Waals surface area (Å²) in [6, 6.07) is 12.1. The summed E-state index contributed by atoms with van der Waals surface area (Å²) < 4.78 is 6.58. The van der Waals surface area contributed by atoms with E-state index in [-0.39, 0.29) is 17.3 Å². The zero-order valence-corrected chi connectivity index (χ0v) is 16.2. The van der Waals surface area contributed by atoms with E-state index in [4.69, 9.17) is 4.74 Å². The molecule has 2 aromatic carbocycles. The molecule has 0 spiro atoms. The van der Waals surface area contributed by atoms with Crippen molar-refractivity contribution >= 4 is 17.3 Å². The van der Waals surface area contributed by atoms with E-state index in [1.54, 1.807) is 25.2 Å². The Morgan fingerprint density at radius 3 is 2.57 bits per heavy atom. The number of hydrogen-bond donors (Lipinski definition) is 4. The van der Waals surface area contributed by atoms with Gasteiger partial charge in [0.05, 0.1) is 25.6 Å². The van der Waals surface area contributed by atoms with Gasteiger partial charge in [-0.15, -0.1) is 0 Å². The van der Waals surface area contributed by atoms with Gasteiger partial charge in [0.25, 0.3) is 11.4 Å². The Bertz CT molecular complexity index is 1410. The molecule has 1 aliphatic heterocycles. The number of aromatic nitrogens is 2. The normalized spacial score (nSPS) is 16.6. The average molecular weight is 404 g/mol. The molecule has 30 heavy (non-hydrogen) atoms. The number of hydrogen-bond acceptors (Lipinski definition) is 5. The van der Waals surface area contributed by atoms with Gasteiger partial charge in [-0.3, -0.25) is 9.78 Å². The number of methoxy groups -OCH3 is 1. The average Bonchev–Trinajstić information content (AvgIpc) is 3.03. The number of rotatable bonds is 2. The number of nitrogens with zero attached hydrogens (tertiary/aromatic N) is 1. The van der Waals surface area contributed by atoms with Gasteiger partial charge in [0.15, 0.2) is 11.5 Å². The van der Waals surface area contributed by atoms with Crippen molar-refractivity contribution in [2.24, 2.45) is 7.05 Å². The Morgan fingerprint density at radius 2 is 1.83 bits per heavy atom. The number of fused-ring (bicyclic) bond motifs is 4. The SMILES string of the molecule is COc1cc(C2C3=C(O)c4ccccc4C3=[NH+]c3c2c(=O)[nH]c(=O)n3C)ccc1O. The van der Waals surface area contributed by atoms with E-state index in [2.05, 4.69) is 9.98 Å². The number of aromatic amines is 1. The number of phenolic OH excluding ortho intramolecular Hbond substituents is 1. The van der Waals surface area contributed by atoms with Crippen LogP contribution in [-0.2, 0) is 7.05 Å². The van der Waals surface area contributed by atoms with Gasteiger partial charge < -0.3 is 14.9 Å². The van der Waals surface area contributed by atoms with E-state index in [9.17, 15) is 19.8 Å². The van der Waals surface area contributed by atoms with Crippen molar-refractivity contribution in [2.45, 2.75) is 5.92 Å². The first-order chi connectivity index (χ1) is 14.4. The topological polar surface area (TPSA) is 119 Å². The lowest BCUT2D eigenvalue weighted by Crippen LogP contribution is -2.72. The molecule has 0 saturated carbocycles. The molecule has 1 unspecified atom stereocenters. The Morgan fingerprint density at radius 1 is 1.10 bits per heavy atom. The summed E-state index contributed by atoms with van der Waals surface area (Å²) in [5.74, 6) is -0.0744. The van der Waals surface area contributed by atoms with Crippen LogP contribution in [0.2, 0.25) is 0 Å². The minimum atomic E-state index is -0.686. The van der Waals surface area contributed by atoms with Crippen LogP contribution in [0.4, 0.5) is 5.82 Å². The van der Waals surface area contributed by atoms with Gasteiger partial charge in [-0.05, 0) is 23.8 Å². The molecule has 4 N–H and O–H groups in total. The molecule has 0 fully saturated rings. The highest BCUT2D eigenvalue weighted by molar-refractivity contribution is 6.21. The van der Waals surface area contributed by atoms with Crippen molar-refractivity contribution in [3.63, 3.8) is 0 Å². The minimum absolute atomic E-state index is 0.0399. The molecular formula is C22H18N3O5+. The molecule has 0 saturated heterocycles. The Hall–Kier alpha value is -4.07. The molecule has 1 aromatic heterocycles. The van der Waals surface area contributed by atoms with E-state index in [1.165, 1.54) is 17.7 Å². The predicted molar refractivity (Wildman–Crippen MR) is 110 cm³/mol. The van der Waals surface area contributed by atoms with Crippen molar-refractivity contribution in [1.29, 1.82) is 0 Å². The van der Waals surface area contributed by atoms with Crippen LogP contribution >= 0.6 is 0 Å². The molecule has 0 radical (unpaired) electrons. The Kier molecular flexibility index (Phi) is 3.73. The number of benzene rings is 2. The van der Waals surface area contributed by atoms with Crippen molar-refractivity contribution in [1.82, 2.24) is 9.55 Å². The lowest BCUT2D eigenvalue weighted by molar-refractivity contribution is -0.364. The maximum absolute atomic E-state index is 12.9. The highest BCUT2D eigenvalue weighted by Crippen LogP contribution is 2.44. The number of aromatic hydroxyl groups is 1. The van der Waals surface area contributed by atoms with Crippen LogP contribution < -0.4 is 21.0 Å². The first kappa shape index (κ1) is 18.0. The summed E-state index contributed by atoms with van der Waals surface area (Å²) in [6.07, 6.45) is 0. The van der Waals surface area contributed by atoms with Gasteiger partial charge in [0.2, 0.25) is 0 Å². The first-order valence-corrected chi connectivity index (χ1v) is 9.29. The number of aliphatic hydroxyl groups is 1. The van der Waals surface area contributed by atoms with Crippen LogP contribution in [0.15, 0.2) is 57.6 Å². The largest absolute Gasteiger partial charge is 0.507 e. The van der Waals surface area contributed by atoms with E-state index in [0.717, 1.165) is 5.56 Å². The number of H-pyrrole nitrogens is 1. The molecule has 0 amide bonds. The fourth-order valence-corrected chi connectivity index (χ4v) is 4.26. The monoisotopic (exact) mass is 404 g/mol. The van der Waals surface area contributed by atoms with Crippen LogP contribution in [0.1, 0.15) is 28.2 Å². The third kappa shape index (κ3) is 2.30. The van der Waals surface area contributed by atoms with Crippen LogP contribution in [0.3, 0.4) is 0 Å². The molecule has 5 rings (SSSR count). The van der Waals surface area contributed by atoms with E-state index in [0.29, 0.717) is 33.8 Å². The fraction of sp³-hybridized carbons (Fsp3) is 0.136.